The maximum absolute atomic E-state index is 11.6. The fourth-order valence-electron chi connectivity index (χ4n) is 3.56. The van der Waals surface area contributed by atoms with Crippen molar-refractivity contribution in [3.63, 3.8) is 0 Å². The number of carbonyl (C=O) groups is 1. The summed E-state index contributed by atoms with van der Waals surface area (Å²) in [5.74, 6) is 0.443. The smallest absolute Gasteiger partial charge is 0.322 e. The van der Waals surface area contributed by atoms with Crippen LogP contribution in [0.1, 0.15) is 47.0 Å². The molecule has 16 heavy (non-hydrogen) atoms. The number of carbonyl (C=O) groups excluding carboxylic acids is 1. The fraction of sp³-hybridized carbons (Fsp3) is 0.923. The minimum Gasteiger partial charge on any atom is -0.461 e. The summed E-state index contributed by atoms with van der Waals surface area (Å²) in [6.07, 6.45) is 3.53. The van der Waals surface area contributed by atoms with E-state index in [1.807, 2.05) is 0 Å². The Hall–Kier alpha value is -0.570. The van der Waals surface area contributed by atoms with E-state index in [0.717, 1.165) is 6.42 Å². The molecule has 0 heterocycles. The molecule has 0 aliphatic heterocycles. The number of hydrogen-bond acceptors (Lipinski definition) is 3. The molecule has 3 heteroatoms. The Morgan fingerprint density at radius 3 is 2.44 bits per heavy atom. The standard InChI is InChI=1S/C13H23NO2/c1-8(14)11(15)16-10-7-9-5-6-13(10,4)12(9,2)3/h8-10H,5-7,14H2,1-4H3/t8-,9-,10+,13+/m0/s1. The molecule has 2 rings (SSSR count). The Morgan fingerprint density at radius 2 is 2.06 bits per heavy atom. The van der Waals surface area contributed by atoms with Gasteiger partial charge in [0.05, 0.1) is 0 Å². The lowest BCUT2D eigenvalue weighted by Gasteiger charge is -2.38. The van der Waals surface area contributed by atoms with Gasteiger partial charge >= 0.3 is 5.97 Å². The average Bonchev–Trinajstić information content (AvgIpc) is 2.50. The van der Waals surface area contributed by atoms with Crippen molar-refractivity contribution in [2.75, 3.05) is 0 Å². The Morgan fingerprint density at radius 1 is 1.44 bits per heavy atom. The average molecular weight is 225 g/mol. The lowest BCUT2D eigenvalue weighted by molar-refractivity contribution is -0.158. The van der Waals surface area contributed by atoms with Crippen LogP contribution in [0.3, 0.4) is 0 Å². The first-order valence-corrected chi connectivity index (χ1v) is 6.25. The first kappa shape index (κ1) is 11.9. The van der Waals surface area contributed by atoms with Crippen molar-refractivity contribution in [1.82, 2.24) is 0 Å². The molecular formula is C13H23NO2. The zero-order valence-electron chi connectivity index (χ0n) is 10.7. The fourth-order valence-corrected chi connectivity index (χ4v) is 3.56. The topological polar surface area (TPSA) is 52.3 Å². The van der Waals surface area contributed by atoms with E-state index in [9.17, 15) is 4.79 Å². The van der Waals surface area contributed by atoms with Crippen LogP contribution in [-0.4, -0.2) is 18.1 Å². The van der Waals surface area contributed by atoms with Crippen LogP contribution >= 0.6 is 0 Å². The molecule has 4 atom stereocenters. The van der Waals surface area contributed by atoms with Crippen LogP contribution in [0.15, 0.2) is 0 Å². The molecular weight excluding hydrogens is 202 g/mol. The van der Waals surface area contributed by atoms with Gasteiger partial charge in [-0.1, -0.05) is 20.8 Å². The molecule has 0 spiro atoms. The van der Waals surface area contributed by atoms with Crippen LogP contribution in [0.25, 0.3) is 0 Å². The Kier molecular flexibility index (Phi) is 2.57. The molecule has 2 aliphatic rings. The van der Waals surface area contributed by atoms with E-state index in [4.69, 9.17) is 10.5 Å². The lowest BCUT2D eigenvalue weighted by Crippen LogP contribution is -2.41. The molecule has 0 radical (unpaired) electrons. The first-order chi connectivity index (χ1) is 7.29. The van der Waals surface area contributed by atoms with E-state index in [2.05, 4.69) is 20.8 Å². The van der Waals surface area contributed by atoms with Crippen molar-refractivity contribution in [2.24, 2.45) is 22.5 Å². The van der Waals surface area contributed by atoms with Gasteiger partial charge in [0.25, 0.3) is 0 Å². The van der Waals surface area contributed by atoms with E-state index < -0.39 is 6.04 Å². The zero-order valence-corrected chi connectivity index (χ0v) is 10.7. The highest BCUT2D eigenvalue weighted by molar-refractivity contribution is 5.75. The van der Waals surface area contributed by atoms with Crippen molar-refractivity contribution in [3.05, 3.63) is 0 Å². The van der Waals surface area contributed by atoms with Crippen molar-refractivity contribution in [1.29, 1.82) is 0 Å². The lowest BCUT2D eigenvalue weighted by atomic mass is 9.70. The molecule has 92 valence electrons. The molecule has 2 N–H and O–H groups in total. The van der Waals surface area contributed by atoms with Gasteiger partial charge in [0.2, 0.25) is 0 Å². The van der Waals surface area contributed by atoms with Gasteiger partial charge in [-0.05, 0) is 37.5 Å². The van der Waals surface area contributed by atoms with E-state index in [1.165, 1.54) is 12.8 Å². The van der Waals surface area contributed by atoms with E-state index in [0.29, 0.717) is 5.92 Å². The van der Waals surface area contributed by atoms with Gasteiger partial charge in [0.15, 0.2) is 0 Å². The maximum atomic E-state index is 11.6. The highest BCUT2D eigenvalue weighted by Crippen LogP contribution is 2.66. The van der Waals surface area contributed by atoms with Gasteiger partial charge in [-0.3, -0.25) is 4.79 Å². The molecule has 0 saturated heterocycles. The van der Waals surface area contributed by atoms with Crippen LogP contribution < -0.4 is 5.73 Å². The summed E-state index contributed by atoms with van der Waals surface area (Å²) in [5.41, 5.74) is 5.98. The van der Waals surface area contributed by atoms with Gasteiger partial charge in [0, 0.05) is 5.41 Å². The molecule has 0 aromatic rings. The number of ether oxygens (including phenoxy) is 1. The molecule has 0 aromatic heterocycles. The third kappa shape index (κ3) is 1.41. The van der Waals surface area contributed by atoms with E-state index >= 15 is 0 Å². The summed E-state index contributed by atoms with van der Waals surface area (Å²) >= 11 is 0. The molecule has 0 unspecified atom stereocenters. The second-order valence-electron chi connectivity index (χ2n) is 6.32. The van der Waals surface area contributed by atoms with Gasteiger partial charge < -0.3 is 10.5 Å². The second kappa shape index (κ2) is 3.46. The molecule has 0 aromatic carbocycles. The minimum atomic E-state index is -0.508. The van der Waals surface area contributed by atoms with Crippen molar-refractivity contribution >= 4 is 5.97 Å². The van der Waals surface area contributed by atoms with Crippen molar-refractivity contribution < 1.29 is 9.53 Å². The zero-order chi connectivity index (χ0) is 12.1. The van der Waals surface area contributed by atoms with Gasteiger partial charge in [-0.25, -0.2) is 0 Å². The second-order valence-corrected chi connectivity index (χ2v) is 6.32. The molecule has 3 nitrogen and oxygen atoms in total. The Bertz CT molecular complexity index is 311. The highest BCUT2D eigenvalue weighted by atomic mass is 16.5. The van der Waals surface area contributed by atoms with Crippen molar-refractivity contribution in [2.45, 2.75) is 59.1 Å². The van der Waals surface area contributed by atoms with E-state index in [1.54, 1.807) is 6.92 Å². The van der Waals surface area contributed by atoms with Crippen LogP contribution in [0.4, 0.5) is 0 Å². The number of fused-ring (bicyclic) bond motifs is 2. The highest BCUT2D eigenvalue weighted by Gasteiger charge is 2.62. The van der Waals surface area contributed by atoms with Crippen LogP contribution in [-0.2, 0) is 9.53 Å². The summed E-state index contributed by atoms with van der Waals surface area (Å²) < 4.78 is 5.58. The monoisotopic (exact) mass is 225 g/mol. The summed E-state index contributed by atoms with van der Waals surface area (Å²) in [4.78, 5) is 11.6. The van der Waals surface area contributed by atoms with Crippen LogP contribution in [0.5, 0.6) is 0 Å². The SMILES string of the molecule is C[C@H](N)C(=O)O[C@@H]1C[C@@H]2CC[C@@]1(C)C2(C)C. The maximum Gasteiger partial charge on any atom is 0.322 e. The van der Waals surface area contributed by atoms with E-state index in [-0.39, 0.29) is 22.9 Å². The predicted molar refractivity (Wildman–Crippen MR) is 62.8 cm³/mol. The van der Waals surface area contributed by atoms with Gasteiger partial charge in [0.1, 0.15) is 12.1 Å². The predicted octanol–water partition coefficient (Wildman–Crippen LogP) is 2.09. The summed E-state index contributed by atoms with van der Waals surface area (Å²) in [7, 11) is 0. The molecule has 2 aliphatic carbocycles. The number of rotatable bonds is 2. The molecule has 0 amide bonds. The Labute approximate surface area is 97.7 Å². The summed E-state index contributed by atoms with van der Waals surface area (Å²) in [6.45, 7) is 8.57. The quantitative estimate of drug-likeness (QED) is 0.732. The van der Waals surface area contributed by atoms with Crippen LogP contribution in [0, 0.1) is 16.7 Å². The molecule has 2 saturated carbocycles. The molecule has 2 fully saturated rings. The number of esters is 1. The summed E-state index contributed by atoms with van der Waals surface area (Å²) in [5, 5.41) is 0. The third-order valence-electron chi connectivity index (χ3n) is 5.34. The van der Waals surface area contributed by atoms with Crippen molar-refractivity contribution in [3.8, 4) is 0 Å². The number of hydrogen-bond donors (Lipinski definition) is 1. The minimum absolute atomic E-state index is 0.0692. The largest absolute Gasteiger partial charge is 0.461 e. The van der Waals surface area contributed by atoms with Gasteiger partial charge in [-0.15, -0.1) is 0 Å². The first-order valence-electron chi connectivity index (χ1n) is 6.25. The number of nitrogens with two attached hydrogens (primary N) is 1. The normalized spacial score (nSPS) is 42.1. The Balaban J connectivity index is 2.13. The van der Waals surface area contributed by atoms with Crippen LogP contribution in [0.2, 0.25) is 0 Å². The molecule has 2 bridgehead atoms. The van der Waals surface area contributed by atoms with Gasteiger partial charge in [-0.2, -0.15) is 0 Å². The summed E-state index contributed by atoms with van der Waals surface area (Å²) in [6, 6.07) is -0.508. The third-order valence-corrected chi connectivity index (χ3v) is 5.34.